The molecule has 9 nitrogen and oxygen atoms in total. The lowest BCUT2D eigenvalue weighted by Gasteiger charge is -2.41. The van der Waals surface area contributed by atoms with Crippen molar-refractivity contribution < 1.29 is 14.6 Å². The number of amides is 1. The maximum absolute atomic E-state index is 11.5. The highest BCUT2D eigenvalue weighted by atomic mass is 16.5. The summed E-state index contributed by atoms with van der Waals surface area (Å²) in [5.41, 5.74) is 3.50. The first-order valence-electron chi connectivity index (χ1n) is 12.7. The largest absolute Gasteiger partial charge is 0.465 e. The van der Waals surface area contributed by atoms with E-state index in [1.54, 1.807) is 0 Å². The van der Waals surface area contributed by atoms with Gasteiger partial charge in [0.1, 0.15) is 12.4 Å². The lowest BCUT2D eigenvalue weighted by Crippen LogP contribution is -2.54. The predicted octanol–water partition coefficient (Wildman–Crippen LogP) is 2.70. The lowest BCUT2D eigenvalue weighted by molar-refractivity contribution is 0.136. The first kappa shape index (κ1) is 23.8. The monoisotopic (exact) mass is 480 g/mol. The molecule has 0 spiro atoms. The van der Waals surface area contributed by atoms with Crippen LogP contribution in [0.5, 0.6) is 6.01 Å². The zero-order valence-electron chi connectivity index (χ0n) is 20.8. The van der Waals surface area contributed by atoms with Gasteiger partial charge in [-0.05, 0) is 45.3 Å². The smallest absolute Gasteiger partial charge is 0.407 e. The first-order valence-corrected chi connectivity index (χ1v) is 12.7. The van der Waals surface area contributed by atoms with Crippen molar-refractivity contribution in [1.82, 2.24) is 24.7 Å². The van der Waals surface area contributed by atoms with Crippen LogP contribution in [0.2, 0.25) is 0 Å². The zero-order valence-corrected chi connectivity index (χ0v) is 20.8. The Kier molecular flexibility index (Phi) is 7.06. The Morgan fingerprint density at radius 2 is 1.97 bits per heavy atom. The molecule has 1 aromatic carbocycles. The molecule has 1 aromatic heterocycles. The number of likely N-dealkylation sites (tertiary alicyclic amines) is 1. The highest BCUT2D eigenvalue weighted by molar-refractivity contribution is 5.66. The van der Waals surface area contributed by atoms with Crippen molar-refractivity contribution in [3.8, 4) is 6.01 Å². The Labute approximate surface area is 207 Å². The fraction of sp³-hybridized carbons (Fsp3) is 0.577. The van der Waals surface area contributed by atoms with Crippen LogP contribution in [-0.4, -0.2) is 94.3 Å². The molecule has 0 unspecified atom stereocenters. The average molecular weight is 481 g/mol. The van der Waals surface area contributed by atoms with E-state index in [4.69, 9.17) is 14.7 Å². The second kappa shape index (κ2) is 10.4. The summed E-state index contributed by atoms with van der Waals surface area (Å²) < 4.78 is 6.19. The van der Waals surface area contributed by atoms with Gasteiger partial charge in [-0.1, -0.05) is 30.3 Å². The second-order valence-corrected chi connectivity index (χ2v) is 10.1. The average Bonchev–Trinajstić information content (AvgIpc) is 3.27. The number of benzene rings is 1. The summed E-state index contributed by atoms with van der Waals surface area (Å²) in [6.07, 6.45) is 2.34. The predicted molar refractivity (Wildman–Crippen MR) is 134 cm³/mol. The van der Waals surface area contributed by atoms with E-state index in [1.807, 2.05) is 6.07 Å². The van der Waals surface area contributed by atoms with Gasteiger partial charge in [-0.2, -0.15) is 9.97 Å². The highest BCUT2D eigenvalue weighted by Gasteiger charge is 2.32. The van der Waals surface area contributed by atoms with Crippen molar-refractivity contribution in [3.05, 3.63) is 47.2 Å². The highest BCUT2D eigenvalue weighted by Crippen LogP contribution is 2.31. The van der Waals surface area contributed by atoms with E-state index in [9.17, 15) is 9.90 Å². The van der Waals surface area contributed by atoms with Crippen molar-refractivity contribution >= 4 is 11.9 Å². The normalized spacial score (nSPS) is 23.4. The summed E-state index contributed by atoms with van der Waals surface area (Å²) in [5.74, 6) is 0.918. The van der Waals surface area contributed by atoms with E-state index < -0.39 is 6.09 Å². The van der Waals surface area contributed by atoms with E-state index in [1.165, 1.54) is 22.4 Å². The molecule has 1 amide bonds. The standard InChI is InChI=1S/C26H36N6O3/c1-19-15-31(26(33)34)13-14-32(19)24-22-10-12-30(16-20-7-4-3-5-8-20)17-23(22)27-25(28-24)35-18-21-9-6-11-29(21)2/h3-5,7-8,19,21H,6,9-18H2,1-2H3,(H,33,34)/t19-,21+/m1/s1. The number of piperazine rings is 1. The Morgan fingerprint density at radius 1 is 1.14 bits per heavy atom. The van der Waals surface area contributed by atoms with Crippen LogP contribution >= 0.6 is 0 Å². The molecule has 2 saturated heterocycles. The van der Waals surface area contributed by atoms with Crippen molar-refractivity contribution in [3.63, 3.8) is 0 Å². The molecule has 2 atom stereocenters. The molecule has 9 heteroatoms. The molecule has 2 fully saturated rings. The SMILES string of the molecule is C[C@@H]1CN(C(=O)O)CCN1c1nc(OC[C@@H]2CCCN2C)nc2c1CCN(Cc1ccccc1)C2. The van der Waals surface area contributed by atoms with Crippen LogP contribution in [0.1, 0.15) is 36.6 Å². The molecule has 1 N–H and O–H groups in total. The molecule has 0 aliphatic carbocycles. The molecular weight excluding hydrogens is 444 g/mol. The lowest BCUT2D eigenvalue weighted by atomic mass is 10.0. The fourth-order valence-corrected chi connectivity index (χ4v) is 5.53. The number of likely N-dealkylation sites (N-methyl/N-ethyl adjacent to an activating group) is 1. The maximum atomic E-state index is 11.5. The molecule has 0 saturated carbocycles. The Morgan fingerprint density at radius 3 is 2.69 bits per heavy atom. The molecule has 4 heterocycles. The van der Waals surface area contributed by atoms with E-state index in [2.05, 4.69) is 52.9 Å². The minimum Gasteiger partial charge on any atom is -0.465 e. The van der Waals surface area contributed by atoms with Gasteiger partial charge >= 0.3 is 12.1 Å². The van der Waals surface area contributed by atoms with Crippen LogP contribution in [0.4, 0.5) is 10.6 Å². The fourth-order valence-electron chi connectivity index (χ4n) is 5.53. The number of carboxylic acid groups (broad SMARTS) is 1. The molecule has 0 bridgehead atoms. The maximum Gasteiger partial charge on any atom is 0.407 e. The van der Waals surface area contributed by atoms with Gasteiger partial charge in [-0.3, -0.25) is 4.90 Å². The van der Waals surface area contributed by atoms with Crippen LogP contribution in [0, 0.1) is 0 Å². The second-order valence-electron chi connectivity index (χ2n) is 10.1. The summed E-state index contributed by atoms with van der Waals surface area (Å²) in [7, 11) is 2.14. The molecule has 3 aliphatic rings. The Balaban J connectivity index is 1.39. The summed E-state index contributed by atoms with van der Waals surface area (Å²) in [6, 6.07) is 11.4. The summed E-state index contributed by atoms with van der Waals surface area (Å²) >= 11 is 0. The third-order valence-corrected chi connectivity index (χ3v) is 7.60. The van der Waals surface area contributed by atoms with Gasteiger partial charge in [-0.15, -0.1) is 0 Å². The summed E-state index contributed by atoms with van der Waals surface area (Å²) in [5, 5.41) is 9.45. The topological polar surface area (TPSA) is 85.3 Å². The van der Waals surface area contributed by atoms with Gasteiger partial charge in [0.15, 0.2) is 0 Å². The van der Waals surface area contributed by atoms with Crippen molar-refractivity contribution in [2.45, 2.75) is 51.4 Å². The van der Waals surface area contributed by atoms with Crippen LogP contribution in [-0.2, 0) is 19.5 Å². The molecule has 0 radical (unpaired) electrons. The van der Waals surface area contributed by atoms with E-state index >= 15 is 0 Å². The van der Waals surface area contributed by atoms with Crippen molar-refractivity contribution in [1.29, 1.82) is 0 Å². The van der Waals surface area contributed by atoms with Crippen LogP contribution in [0.3, 0.4) is 0 Å². The minimum absolute atomic E-state index is 0.0370. The van der Waals surface area contributed by atoms with Crippen molar-refractivity contribution in [2.24, 2.45) is 0 Å². The van der Waals surface area contributed by atoms with Gasteiger partial charge in [0.05, 0.1) is 5.69 Å². The Hall–Kier alpha value is -2.91. The van der Waals surface area contributed by atoms with Crippen LogP contribution < -0.4 is 9.64 Å². The number of carbonyl (C=O) groups is 1. The van der Waals surface area contributed by atoms with Gasteiger partial charge in [0.25, 0.3) is 0 Å². The molecule has 3 aliphatic heterocycles. The number of rotatable bonds is 6. The number of hydrogen-bond donors (Lipinski definition) is 1. The third kappa shape index (κ3) is 5.36. The summed E-state index contributed by atoms with van der Waals surface area (Å²) in [6.45, 7) is 7.90. The zero-order chi connectivity index (χ0) is 24.4. The third-order valence-electron chi connectivity index (χ3n) is 7.60. The van der Waals surface area contributed by atoms with Crippen LogP contribution in [0.25, 0.3) is 0 Å². The van der Waals surface area contributed by atoms with Gasteiger partial charge in [0.2, 0.25) is 0 Å². The molecule has 188 valence electrons. The van der Waals surface area contributed by atoms with Gasteiger partial charge < -0.3 is 24.5 Å². The molecule has 2 aromatic rings. The van der Waals surface area contributed by atoms with Gasteiger partial charge in [-0.25, -0.2) is 4.79 Å². The number of hydrogen-bond acceptors (Lipinski definition) is 7. The Bertz CT molecular complexity index is 1040. The van der Waals surface area contributed by atoms with Crippen molar-refractivity contribution in [2.75, 3.05) is 51.3 Å². The van der Waals surface area contributed by atoms with E-state index in [0.29, 0.717) is 38.3 Å². The number of anilines is 1. The number of fused-ring (bicyclic) bond motifs is 1. The minimum atomic E-state index is -0.859. The van der Waals surface area contributed by atoms with Gasteiger partial charge in [0, 0.05) is 56.9 Å². The molecule has 35 heavy (non-hydrogen) atoms. The quantitative estimate of drug-likeness (QED) is 0.676. The number of nitrogens with zero attached hydrogens (tertiary/aromatic N) is 6. The van der Waals surface area contributed by atoms with E-state index in [0.717, 1.165) is 50.5 Å². The molecular formula is C26H36N6O3. The number of aromatic nitrogens is 2. The summed E-state index contributed by atoms with van der Waals surface area (Å²) in [4.78, 5) is 29.8. The van der Waals surface area contributed by atoms with E-state index in [-0.39, 0.29) is 6.04 Å². The van der Waals surface area contributed by atoms with Crippen LogP contribution in [0.15, 0.2) is 30.3 Å². The molecule has 5 rings (SSSR count). The number of ether oxygens (including phenoxy) is 1. The first-order chi connectivity index (χ1) is 17.0.